The van der Waals surface area contributed by atoms with Gasteiger partial charge in [-0.3, -0.25) is 4.55 Å². The maximum absolute atomic E-state index is 13.3. The fourth-order valence-corrected chi connectivity index (χ4v) is 4.90. The highest BCUT2D eigenvalue weighted by Crippen LogP contribution is 2.58. The van der Waals surface area contributed by atoms with Crippen LogP contribution in [0.1, 0.15) is 32.1 Å². The molecule has 1 N–H and O–H groups in total. The molecule has 0 aromatic rings. The number of esters is 1. The third kappa shape index (κ3) is 2.33. The lowest BCUT2D eigenvalue weighted by Gasteiger charge is -2.58. The van der Waals surface area contributed by atoms with Crippen molar-refractivity contribution in [3.05, 3.63) is 0 Å². The summed E-state index contributed by atoms with van der Waals surface area (Å²) >= 11 is 0. The first kappa shape index (κ1) is 16.1. The van der Waals surface area contributed by atoms with E-state index in [2.05, 4.69) is 0 Å². The van der Waals surface area contributed by atoms with Crippen molar-refractivity contribution in [2.24, 2.45) is 17.8 Å². The second-order valence-corrected chi connectivity index (χ2v) is 8.18. The van der Waals surface area contributed by atoms with E-state index in [1.807, 2.05) is 0 Å². The van der Waals surface area contributed by atoms with Crippen LogP contribution in [-0.2, 0) is 24.4 Å². The van der Waals surface area contributed by atoms with Gasteiger partial charge in [-0.05, 0) is 49.9 Å². The summed E-state index contributed by atoms with van der Waals surface area (Å²) in [7, 11) is -4.20. The van der Waals surface area contributed by atoms with Gasteiger partial charge in [-0.2, -0.15) is 17.2 Å². The van der Waals surface area contributed by atoms with Crippen LogP contribution in [0.4, 0.5) is 8.78 Å². The lowest BCUT2D eigenvalue weighted by atomic mass is 9.53. The fourth-order valence-electron chi connectivity index (χ4n) is 4.64. The largest absolute Gasteiger partial charge is 0.465 e. The van der Waals surface area contributed by atoms with E-state index in [1.54, 1.807) is 7.11 Å². The third-order valence-electron chi connectivity index (χ3n) is 5.37. The Morgan fingerprint density at radius 1 is 1.23 bits per heavy atom. The Bertz CT molecular complexity index is 573. The molecular weight excluding hydrogens is 322 g/mol. The van der Waals surface area contributed by atoms with Crippen LogP contribution in [0, 0.1) is 17.8 Å². The number of ether oxygens (including phenoxy) is 2. The van der Waals surface area contributed by atoms with Crippen molar-refractivity contribution in [1.29, 1.82) is 0 Å². The predicted molar refractivity (Wildman–Crippen MR) is 69.7 cm³/mol. The molecule has 0 aliphatic heterocycles. The predicted octanol–water partition coefficient (Wildman–Crippen LogP) is 1.60. The molecule has 22 heavy (non-hydrogen) atoms. The number of halogens is 2. The molecule has 2 unspecified atom stereocenters. The summed E-state index contributed by atoms with van der Waals surface area (Å²) in [4.78, 5) is 11.5. The first-order valence-electron chi connectivity index (χ1n) is 7.19. The highest BCUT2D eigenvalue weighted by molar-refractivity contribution is 7.87. The number of alkyl halides is 2. The molecule has 0 spiro atoms. The maximum Gasteiger partial charge on any atom is 0.465 e. The van der Waals surface area contributed by atoms with E-state index in [0.29, 0.717) is 18.8 Å². The first-order valence-corrected chi connectivity index (χ1v) is 8.63. The zero-order chi connectivity index (χ0) is 16.3. The van der Waals surface area contributed by atoms with Crippen LogP contribution in [0.5, 0.6) is 0 Å². The Kier molecular flexibility index (Phi) is 3.54. The summed E-state index contributed by atoms with van der Waals surface area (Å²) in [6.45, 7) is 0. The Morgan fingerprint density at radius 3 is 2.23 bits per heavy atom. The van der Waals surface area contributed by atoms with Gasteiger partial charge in [0.1, 0.15) is 6.10 Å². The molecule has 0 aromatic heterocycles. The summed E-state index contributed by atoms with van der Waals surface area (Å²) in [6.07, 6.45) is 2.95. The summed E-state index contributed by atoms with van der Waals surface area (Å²) in [5.41, 5.74) is -0.273. The van der Waals surface area contributed by atoms with Crippen molar-refractivity contribution in [1.82, 2.24) is 0 Å². The summed E-state index contributed by atoms with van der Waals surface area (Å²) in [5, 5.41) is -4.93. The van der Waals surface area contributed by atoms with Crippen molar-refractivity contribution in [2.45, 2.75) is 49.1 Å². The lowest BCUT2D eigenvalue weighted by molar-refractivity contribution is -0.214. The van der Waals surface area contributed by atoms with Gasteiger partial charge >= 0.3 is 21.3 Å². The van der Waals surface area contributed by atoms with Crippen LogP contribution in [0.15, 0.2) is 0 Å². The molecule has 0 aromatic carbocycles. The molecule has 9 heteroatoms. The lowest BCUT2D eigenvalue weighted by Crippen LogP contribution is -2.59. The van der Waals surface area contributed by atoms with Gasteiger partial charge in [-0.15, -0.1) is 0 Å². The van der Waals surface area contributed by atoms with E-state index in [9.17, 15) is 22.0 Å². The van der Waals surface area contributed by atoms with E-state index in [4.69, 9.17) is 14.0 Å². The van der Waals surface area contributed by atoms with Gasteiger partial charge in [0.2, 0.25) is 0 Å². The smallest absolute Gasteiger partial charge is 0.456 e. The highest BCUT2D eigenvalue weighted by atomic mass is 32.2. The molecule has 126 valence electrons. The molecule has 4 rings (SSSR count). The maximum atomic E-state index is 13.3. The molecule has 4 aliphatic rings. The first-order chi connectivity index (χ1) is 10.1. The number of hydrogen-bond donors (Lipinski definition) is 1. The molecule has 0 saturated heterocycles. The molecule has 2 atom stereocenters. The zero-order valence-corrected chi connectivity index (χ0v) is 12.8. The number of methoxy groups -OCH3 is 1. The molecule has 6 nitrogen and oxygen atoms in total. The van der Waals surface area contributed by atoms with Crippen molar-refractivity contribution in [3.63, 3.8) is 0 Å². The van der Waals surface area contributed by atoms with Crippen LogP contribution in [0.2, 0.25) is 0 Å². The Labute approximate surface area is 126 Å². The molecule has 0 radical (unpaired) electrons. The average molecular weight is 340 g/mol. The van der Waals surface area contributed by atoms with Gasteiger partial charge in [-0.25, -0.2) is 4.79 Å². The van der Waals surface area contributed by atoms with E-state index in [1.165, 1.54) is 0 Å². The van der Waals surface area contributed by atoms with Gasteiger partial charge in [0.15, 0.2) is 0 Å². The molecular formula is C13H18F2O6S. The van der Waals surface area contributed by atoms with Crippen LogP contribution in [0.3, 0.4) is 0 Å². The monoisotopic (exact) mass is 340 g/mol. The minimum atomic E-state index is -5.83. The van der Waals surface area contributed by atoms with Crippen LogP contribution in [-0.4, -0.2) is 43.0 Å². The summed E-state index contributed by atoms with van der Waals surface area (Å²) < 4.78 is 66.8. The molecule has 0 heterocycles. The Hall–Kier alpha value is -0.800. The van der Waals surface area contributed by atoms with Crippen LogP contribution >= 0.6 is 0 Å². The summed E-state index contributed by atoms with van der Waals surface area (Å²) in [5.74, 6) is -1.98. The fraction of sp³-hybridized carbons (Fsp3) is 0.923. The van der Waals surface area contributed by atoms with Crippen molar-refractivity contribution in [3.8, 4) is 0 Å². The van der Waals surface area contributed by atoms with E-state index < -0.39 is 27.4 Å². The molecule has 4 aliphatic carbocycles. The molecule has 0 amide bonds. The second kappa shape index (κ2) is 4.85. The Morgan fingerprint density at radius 2 is 1.77 bits per heavy atom. The van der Waals surface area contributed by atoms with Crippen LogP contribution < -0.4 is 0 Å². The third-order valence-corrected chi connectivity index (χ3v) is 6.18. The van der Waals surface area contributed by atoms with Gasteiger partial charge in [0.25, 0.3) is 0 Å². The average Bonchev–Trinajstić information content (AvgIpc) is 2.40. The Balaban J connectivity index is 1.77. The van der Waals surface area contributed by atoms with Gasteiger partial charge in [-0.1, -0.05) is 0 Å². The quantitative estimate of drug-likeness (QED) is 0.618. The van der Waals surface area contributed by atoms with E-state index in [-0.39, 0.29) is 17.4 Å². The molecule has 4 bridgehead atoms. The van der Waals surface area contributed by atoms with E-state index >= 15 is 0 Å². The second-order valence-electron chi connectivity index (χ2n) is 6.72. The number of carbonyl (C=O) groups is 1. The van der Waals surface area contributed by atoms with Gasteiger partial charge in [0.05, 0.1) is 5.60 Å². The van der Waals surface area contributed by atoms with Crippen molar-refractivity contribution < 1.29 is 36.0 Å². The van der Waals surface area contributed by atoms with E-state index in [0.717, 1.165) is 19.3 Å². The standard InChI is InChI=1S/C13H18F2O6S/c1-20-12-4-7-2-8(5-12)10(9(3-7)6-12)21-11(16)13(14,15)22(17,18)19/h7-10H,2-6H2,1H3,(H,17,18,19). The topological polar surface area (TPSA) is 89.9 Å². The zero-order valence-electron chi connectivity index (χ0n) is 12.0. The minimum Gasteiger partial charge on any atom is -0.456 e. The van der Waals surface area contributed by atoms with Gasteiger partial charge < -0.3 is 9.47 Å². The molecule has 4 fully saturated rings. The SMILES string of the molecule is COC12CC3CC(C1)C(OC(=O)C(F)(F)S(=O)(=O)O)C(C3)C2. The number of rotatable bonds is 4. The molecule has 4 saturated carbocycles. The van der Waals surface area contributed by atoms with Crippen molar-refractivity contribution >= 4 is 16.1 Å². The number of hydrogen-bond acceptors (Lipinski definition) is 5. The van der Waals surface area contributed by atoms with Gasteiger partial charge in [0, 0.05) is 7.11 Å². The van der Waals surface area contributed by atoms with Crippen LogP contribution in [0.25, 0.3) is 0 Å². The summed E-state index contributed by atoms with van der Waals surface area (Å²) in [6, 6.07) is 0. The normalized spacial score (nSPS) is 40.7. The van der Waals surface area contributed by atoms with Crippen molar-refractivity contribution in [2.75, 3.05) is 7.11 Å². The minimum absolute atomic E-state index is 0.104. The number of carbonyl (C=O) groups excluding carboxylic acids is 1. The highest BCUT2D eigenvalue weighted by Gasteiger charge is 2.60.